The van der Waals surface area contributed by atoms with Crippen molar-refractivity contribution in [2.45, 2.75) is 31.8 Å². The van der Waals surface area contributed by atoms with Gasteiger partial charge in [0.25, 0.3) is 5.91 Å². The van der Waals surface area contributed by atoms with Crippen molar-refractivity contribution >= 4 is 5.91 Å². The topological polar surface area (TPSA) is 55.2 Å². The van der Waals surface area contributed by atoms with Gasteiger partial charge in [-0.1, -0.05) is 18.2 Å². The summed E-state index contributed by atoms with van der Waals surface area (Å²) >= 11 is 0. The minimum Gasteiger partial charge on any atom is -0.493 e. The summed E-state index contributed by atoms with van der Waals surface area (Å²) in [5, 5.41) is 0. The average molecular weight is 499 g/mol. The van der Waals surface area contributed by atoms with E-state index in [4.69, 9.17) is 13.9 Å². The molecule has 192 valence electrons. The average Bonchev–Trinajstić information content (AvgIpc) is 3.43. The van der Waals surface area contributed by atoms with Crippen molar-refractivity contribution in [2.75, 3.05) is 34.4 Å². The van der Waals surface area contributed by atoms with E-state index in [9.17, 15) is 13.6 Å². The third kappa shape index (κ3) is 5.70. The number of hydrogen-bond acceptors (Lipinski definition) is 5. The maximum absolute atomic E-state index is 14.6. The van der Waals surface area contributed by atoms with Crippen molar-refractivity contribution in [1.29, 1.82) is 0 Å². The number of halogens is 2. The Morgan fingerprint density at radius 1 is 1.08 bits per heavy atom. The smallest absolute Gasteiger partial charge is 0.289 e. The van der Waals surface area contributed by atoms with Gasteiger partial charge < -0.3 is 18.8 Å². The number of furan rings is 1. The highest BCUT2D eigenvalue weighted by Gasteiger charge is 2.33. The minimum absolute atomic E-state index is 0.141. The van der Waals surface area contributed by atoms with Crippen molar-refractivity contribution in [3.8, 4) is 11.5 Å². The van der Waals surface area contributed by atoms with E-state index in [1.807, 2.05) is 18.2 Å². The second-order valence-corrected chi connectivity index (χ2v) is 9.17. The number of carbonyl (C=O) groups excluding carboxylic acids is 1. The zero-order valence-electron chi connectivity index (χ0n) is 20.9. The molecule has 2 heterocycles. The Morgan fingerprint density at radius 2 is 1.86 bits per heavy atom. The normalized spacial score (nSPS) is 15.5. The fourth-order valence-corrected chi connectivity index (χ4v) is 5.07. The molecule has 1 atom stereocenters. The van der Waals surface area contributed by atoms with E-state index in [-0.39, 0.29) is 23.6 Å². The number of para-hydroxylation sites is 1. The SMILES string of the molecule is COc1cccc(CN2CCC(C(Cc3ccc(F)cc3F)N(C)C(=O)c3ccco3)CC2)c1OC. The van der Waals surface area contributed by atoms with Crippen molar-refractivity contribution in [1.82, 2.24) is 9.80 Å². The van der Waals surface area contributed by atoms with Crippen LogP contribution < -0.4 is 9.47 Å². The van der Waals surface area contributed by atoms with Crippen molar-refractivity contribution in [3.63, 3.8) is 0 Å². The molecule has 0 bridgehead atoms. The second-order valence-electron chi connectivity index (χ2n) is 9.17. The molecular weight excluding hydrogens is 466 g/mol. The fraction of sp³-hybridized carbons (Fsp3) is 0.393. The van der Waals surface area contributed by atoms with Crippen LogP contribution in [-0.4, -0.2) is 56.1 Å². The number of amides is 1. The highest BCUT2D eigenvalue weighted by Crippen LogP contribution is 2.33. The van der Waals surface area contributed by atoms with E-state index >= 15 is 0 Å². The molecule has 4 rings (SSSR count). The number of nitrogens with zero attached hydrogens (tertiary/aromatic N) is 2. The molecule has 0 radical (unpaired) electrons. The first kappa shape index (κ1) is 25.7. The Hall–Kier alpha value is -3.39. The summed E-state index contributed by atoms with van der Waals surface area (Å²) in [7, 11) is 4.99. The largest absolute Gasteiger partial charge is 0.493 e. The molecule has 0 saturated carbocycles. The van der Waals surface area contributed by atoms with Crippen LogP contribution >= 0.6 is 0 Å². The van der Waals surface area contributed by atoms with Gasteiger partial charge in [0.05, 0.1) is 20.5 Å². The van der Waals surface area contributed by atoms with Crippen molar-refractivity contribution in [2.24, 2.45) is 5.92 Å². The zero-order valence-corrected chi connectivity index (χ0v) is 20.9. The van der Waals surface area contributed by atoms with Crippen molar-refractivity contribution < 1.29 is 27.5 Å². The molecule has 6 nitrogen and oxygen atoms in total. The molecule has 2 aromatic carbocycles. The number of benzene rings is 2. The van der Waals surface area contributed by atoms with Crippen LogP contribution in [-0.2, 0) is 13.0 Å². The van der Waals surface area contributed by atoms with E-state index in [1.54, 1.807) is 38.3 Å². The summed E-state index contributed by atoms with van der Waals surface area (Å²) in [6.07, 6.45) is 3.41. The summed E-state index contributed by atoms with van der Waals surface area (Å²) in [6, 6.07) is 12.5. The summed E-state index contributed by atoms with van der Waals surface area (Å²) in [4.78, 5) is 17.1. The van der Waals surface area contributed by atoms with Gasteiger partial charge >= 0.3 is 0 Å². The van der Waals surface area contributed by atoms with Gasteiger partial charge in [-0.3, -0.25) is 9.69 Å². The number of likely N-dealkylation sites (N-methyl/N-ethyl adjacent to an activating group) is 1. The fourth-order valence-electron chi connectivity index (χ4n) is 5.07. The number of methoxy groups -OCH3 is 2. The molecule has 1 aliphatic rings. The number of hydrogen-bond donors (Lipinski definition) is 0. The summed E-state index contributed by atoms with van der Waals surface area (Å²) in [5.41, 5.74) is 1.44. The Balaban J connectivity index is 1.49. The van der Waals surface area contributed by atoms with Crippen LogP contribution in [0.5, 0.6) is 11.5 Å². The van der Waals surface area contributed by atoms with Gasteiger partial charge in [-0.25, -0.2) is 8.78 Å². The third-order valence-corrected chi connectivity index (χ3v) is 7.05. The first-order chi connectivity index (χ1) is 17.4. The third-order valence-electron chi connectivity index (χ3n) is 7.05. The molecule has 8 heteroatoms. The van der Waals surface area contributed by atoms with Crippen LogP contribution in [0.2, 0.25) is 0 Å². The first-order valence-corrected chi connectivity index (χ1v) is 12.1. The lowest BCUT2D eigenvalue weighted by Gasteiger charge is -2.40. The number of likely N-dealkylation sites (tertiary alicyclic amines) is 1. The molecule has 1 fully saturated rings. The lowest BCUT2D eigenvalue weighted by Crippen LogP contribution is -2.47. The Kier molecular flexibility index (Phi) is 8.25. The number of carbonyl (C=O) groups is 1. The highest BCUT2D eigenvalue weighted by atomic mass is 19.1. The molecule has 0 aliphatic carbocycles. The number of rotatable bonds is 9. The first-order valence-electron chi connectivity index (χ1n) is 12.1. The lowest BCUT2D eigenvalue weighted by atomic mass is 9.84. The molecule has 36 heavy (non-hydrogen) atoms. The Morgan fingerprint density at radius 3 is 2.50 bits per heavy atom. The van der Waals surface area contributed by atoms with Crippen LogP contribution in [0.25, 0.3) is 0 Å². The van der Waals surface area contributed by atoms with Gasteiger partial charge in [0.1, 0.15) is 11.6 Å². The summed E-state index contributed by atoms with van der Waals surface area (Å²) in [5.74, 6) is 0.345. The van der Waals surface area contributed by atoms with E-state index in [0.717, 1.165) is 43.3 Å². The van der Waals surface area contributed by atoms with Crippen molar-refractivity contribution in [3.05, 3.63) is 83.3 Å². The van der Waals surface area contributed by atoms with E-state index in [1.165, 1.54) is 18.4 Å². The van der Waals surface area contributed by atoms with Crippen LogP contribution in [0, 0.1) is 17.6 Å². The monoisotopic (exact) mass is 498 g/mol. The Labute approximate surface area is 210 Å². The molecule has 1 aromatic heterocycles. The molecular formula is C28H32F2N2O4. The van der Waals surface area contributed by atoms with Gasteiger partial charge in [0, 0.05) is 31.3 Å². The maximum atomic E-state index is 14.6. The molecule has 1 amide bonds. The number of ether oxygens (including phenoxy) is 2. The predicted octanol–water partition coefficient (Wildman–Crippen LogP) is 5.17. The van der Waals surface area contributed by atoms with Crippen LogP contribution in [0.3, 0.4) is 0 Å². The molecule has 1 aliphatic heterocycles. The molecule has 0 N–H and O–H groups in total. The van der Waals surface area contributed by atoms with Crippen LogP contribution in [0.4, 0.5) is 8.78 Å². The maximum Gasteiger partial charge on any atom is 0.289 e. The quantitative estimate of drug-likeness (QED) is 0.407. The Bertz CT molecular complexity index is 1160. The minimum atomic E-state index is -0.617. The molecule has 1 saturated heterocycles. The van der Waals surface area contributed by atoms with Gasteiger partial charge in [-0.05, 0) is 68.1 Å². The zero-order chi connectivity index (χ0) is 25.7. The van der Waals surface area contributed by atoms with Gasteiger partial charge in [-0.2, -0.15) is 0 Å². The molecule has 3 aromatic rings. The molecule has 0 spiro atoms. The second kappa shape index (κ2) is 11.6. The van der Waals surface area contributed by atoms with Crippen LogP contribution in [0.15, 0.2) is 59.2 Å². The van der Waals surface area contributed by atoms with Gasteiger partial charge in [0.2, 0.25) is 0 Å². The van der Waals surface area contributed by atoms with E-state index < -0.39 is 11.6 Å². The summed E-state index contributed by atoms with van der Waals surface area (Å²) in [6.45, 7) is 2.35. The predicted molar refractivity (Wildman–Crippen MR) is 132 cm³/mol. The molecule has 1 unspecified atom stereocenters. The standard InChI is InChI=1S/C28H32F2N2O4/c1-31(28(33)26-8-5-15-36-26)24(16-20-9-10-22(29)17-23(20)30)19-11-13-32(14-12-19)18-21-6-4-7-25(34-2)27(21)35-3/h4-10,15,17,19,24H,11-14,16,18H2,1-3H3. The van der Waals surface area contributed by atoms with Gasteiger partial charge in [-0.15, -0.1) is 0 Å². The summed E-state index contributed by atoms with van der Waals surface area (Å²) < 4.78 is 44.4. The number of piperidine rings is 1. The lowest BCUT2D eigenvalue weighted by molar-refractivity contribution is 0.0554. The highest BCUT2D eigenvalue weighted by molar-refractivity contribution is 5.91. The van der Waals surface area contributed by atoms with E-state index in [0.29, 0.717) is 24.3 Å². The van der Waals surface area contributed by atoms with Crippen LogP contribution in [0.1, 0.15) is 34.5 Å². The van der Waals surface area contributed by atoms with E-state index in [2.05, 4.69) is 4.90 Å². The van der Waals surface area contributed by atoms with Gasteiger partial charge in [0.15, 0.2) is 17.3 Å².